The first-order valence-electron chi connectivity index (χ1n) is 46.1. The fraction of sp³-hybridized carbons (Fsp3) is 0.714. The molecule has 0 unspecified atom stereocenters. The summed E-state index contributed by atoms with van der Waals surface area (Å²) in [6.07, 6.45) is 71.3. The van der Waals surface area contributed by atoms with Gasteiger partial charge in [-0.1, -0.05) is 204 Å². The molecule has 0 fully saturated rings. The number of benzene rings is 2. The van der Waals surface area contributed by atoms with Gasteiger partial charge in [-0.2, -0.15) is 0 Å². The summed E-state index contributed by atoms with van der Waals surface area (Å²) in [5.41, 5.74) is 17.0. The van der Waals surface area contributed by atoms with Crippen LogP contribution in [0, 0.1) is 94.7 Å². The standard InChI is InChI=1S/C105H162N2.Ni/c1-11-21-31-40-48-56-64-73-82-94-92-104(100(88-79-70-62-54-46-37-27-17-7)98(86-77-68-60-52-44-35-25-15-5)96(94)84-75-66-58-50-42-33-23-13-3)106-102(90-72-30-20-10)103(91-81-39-29-19-9)107-105-93-95(83-74-65-57-49-41-32-22-12-2)97(85-76-67-59-51-43-34-24-14-4)99(87-78-69-61-53-45-36-26-16-6)101(105)89-80-71-63-55-47-38-28-18-8;/h92-93H,11-47,64-91H2,1-10H3;/q;+2/b106-102+,107-103+;. The van der Waals surface area contributed by atoms with Gasteiger partial charge in [0.15, 0.2) is 0 Å². The fourth-order valence-electron chi connectivity index (χ4n) is 14.2. The first kappa shape index (κ1) is 101. The van der Waals surface area contributed by atoms with Crippen LogP contribution in [0.25, 0.3) is 0 Å². The fourth-order valence-corrected chi connectivity index (χ4v) is 14.2. The van der Waals surface area contributed by atoms with Crippen molar-refractivity contribution in [3.63, 3.8) is 0 Å². The minimum Gasteiger partial charge on any atom is -0.251 e. The molecule has 2 aromatic rings. The van der Waals surface area contributed by atoms with Gasteiger partial charge >= 0.3 is 16.5 Å². The molecule has 0 radical (unpaired) electrons. The van der Waals surface area contributed by atoms with Crippen molar-refractivity contribution in [2.75, 3.05) is 0 Å². The van der Waals surface area contributed by atoms with Crippen LogP contribution in [0.4, 0.5) is 11.4 Å². The summed E-state index contributed by atoms with van der Waals surface area (Å²) in [6.45, 7) is 23.1. The van der Waals surface area contributed by atoms with Gasteiger partial charge in [0.2, 0.25) is 0 Å². The topological polar surface area (TPSA) is 24.7 Å². The maximum atomic E-state index is 6.35. The Morgan fingerprint density at radius 1 is 0.194 bits per heavy atom. The van der Waals surface area contributed by atoms with Gasteiger partial charge in [0.1, 0.15) is 0 Å². The zero-order chi connectivity index (χ0) is 77.0. The van der Waals surface area contributed by atoms with Crippen LogP contribution < -0.4 is 0 Å². The molecule has 0 aliphatic heterocycles. The predicted octanol–water partition coefficient (Wildman–Crippen LogP) is 31.3. The van der Waals surface area contributed by atoms with E-state index in [9.17, 15) is 0 Å². The summed E-state index contributed by atoms with van der Waals surface area (Å²) in [5, 5.41) is 0. The Morgan fingerprint density at radius 2 is 0.370 bits per heavy atom. The summed E-state index contributed by atoms with van der Waals surface area (Å²) in [7, 11) is 0. The van der Waals surface area contributed by atoms with Crippen LogP contribution in [-0.2, 0) is 67.9 Å². The molecule has 2 rings (SSSR count). The Kier molecular flexibility index (Phi) is 71.9. The molecule has 0 saturated heterocycles. The van der Waals surface area contributed by atoms with Crippen LogP contribution in [-0.4, -0.2) is 11.4 Å². The largest absolute Gasteiger partial charge is 2.00 e. The number of nitrogens with zero attached hydrogens (tertiary/aromatic N) is 2. The molecule has 0 amide bonds. The third-order valence-corrected chi connectivity index (χ3v) is 20.7. The van der Waals surface area contributed by atoms with Crippen LogP contribution in [0.5, 0.6) is 0 Å². The van der Waals surface area contributed by atoms with Crippen molar-refractivity contribution < 1.29 is 16.5 Å². The van der Waals surface area contributed by atoms with E-state index in [-0.39, 0.29) is 16.5 Å². The number of unbranched alkanes of at least 4 members (excludes halogenated alkanes) is 37. The monoisotopic (exact) mass is 1510 g/mol. The van der Waals surface area contributed by atoms with Crippen molar-refractivity contribution in [3.8, 4) is 94.7 Å². The average molecular weight is 1510 g/mol. The second kappa shape index (κ2) is 77.1. The molecular formula is C105H162N2Ni+2. The van der Waals surface area contributed by atoms with Crippen LogP contribution in [0.2, 0.25) is 0 Å². The Labute approximate surface area is 682 Å². The molecule has 0 aromatic heterocycles. The predicted molar refractivity (Wildman–Crippen MR) is 479 cm³/mol. The molecule has 0 atom stereocenters. The van der Waals surface area contributed by atoms with Gasteiger partial charge in [0.05, 0.1) is 22.8 Å². The second-order valence-electron chi connectivity index (χ2n) is 30.7. The van der Waals surface area contributed by atoms with E-state index in [1.54, 1.807) is 22.3 Å². The van der Waals surface area contributed by atoms with Gasteiger partial charge in [-0.25, -0.2) is 0 Å². The number of aliphatic imine (C=N–C) groups is 2. The van der Waals surface area contributed by atoms with Gasteiger partial charge in [-0.05, 0) is 236 Å². The molecule has 108 heavy (non-hydrogen) atoms. The molecule has 2 nitrogen and oxygen atoms in total. The van der Waals surface area contributed by atoms with Crippen molar-refractivity contribution in [2.24, 2.45) is 9.98 Å². The number of hydrogen-bond acceptors (Lipinski definition) is 2. The van der Waals surface area contributed by atoms with E-state index in [2.05, 4.69) is 176 Å². The summed E-state index contributed by atoms with van der Waals surface area (Å²) >= 11 is 0. The van der Waals surface area contributed by atoms with Crippen molar-refractivity contribution in [1.29, 1.82) is 0 Å². The summed E-state index contributed by atoms with van der Waals surface area (Å²) in [4.78, 5) is 12.7. The van der Waals surface area contributed by atoms with Gasteiger partial charge < -0.3 is 0 Å². The molecule has 0 aliphatic rings. The molecule has 0 heterocycles. The third kappa shape index (κ3) is 52.8. The second-order valence-corrected chi connectivity index (χ2v) is 30.7. The van der Waals surface area contributed by atoms with E-state index in [0.717, 1.165) is 238 Å². The van der Waals surface area contributed by atoms with E-state index < -0.39 is 0 Å². The Morgan fingerprint density at radius 3 is 0.602 bits per heavy atom. The molecular weight excluding hydrogens is 1350 g/mol. The average Bonchev–Trinajstić information content (AvgIpc) is 0.790. The van der Waals surface area contributed by atoms with Crippen molar-refractivity contribution in [3.05, 3.63) is 56.6 Å². The van der Waals surface area contributed by atoms with Crippen LogP contribution in [0.3, 0.4) is 0 Å². The molecule has 0 aliphatic carbocycles. The maximum Gasteiger partial charge on any atom is 2.00 e. The molecule has 0 saturated carbocycles. The SMILES string of the molecule is CCCCCC#CCCCc1cc(/N=C(CCCCC)/C(CCCCCC)=N/c2cc(CCCC#CCCCCC)c(CCCC#CCCCCC)c(CCCC#CCCCCC)c2CCCC#CCCCCC)c(CCCC#CCCCCC)c(CCCC#CCCCCC)c1CCCC#CCCCCC.[Ni+2]. The molecule has 0 spiro atoms. The normalized spacial score (nSPS) is 10.9. The van der Waals surface area contributed by atoms with Gasteiger partial charge in [-0.3, -0.25) is 9.98 Å². The first-order valence-corrected chi connectivity index (χ1v) is 46.1. The summed E-state index contributed by atoms with van der Waals surface area (Å²) in [5.74, 6) is 58.2. The van der Waals surface area contributed by atoms with E-state index in [1.807, 2.05) is 0 Å². The van der Waals surface area contributed by atoms with E-state index in [0.29, 0.717) is 0 Å². The van der Waals surface area contributed by atoms with Gasteiger partial charge in [0, 0.05) is 103 Å². The van der Waals surface area contributed by atoms with Gasteiger partial charge in [0.25, 0.3) is 0 Å². The minimum absolute atomic E-state index is 0. The zero-order valence-electron chi connectivity index (χ0n) is 72.3. The van der Waals surface area contributed by atoms with Crippen molar-refractivity contribution >= 4 is 22.8 Å². The molecule has 2 aromatic carbocycles. The molecule has 600 valence electrons. The third-order valence-electron chi connectivity index (χ3n) is 20.7. The van der Waals surface area contributed by atoms with Crippen LogP contribution in [0.15, 0.2) is 22.1 Å². The van der Waals surface area contributed by atoms with E-state index in [4.69, 9.17) is 9.98 Å². The Hall–Kier alpha value is -5.25. The number of hydrogen-bond donors (Lipinski definition) is 0. The zero-order valence-corrected chi connectivity index (χ0v) is 73.3. The summed E-state index contributed by atoms with van der Waals surface area (Å²) in [6, 6.07) is 5.24. The first-order chi connectivity index (χ1) is 52.9. The quantitative estimate of drug-likeness (QED) is 0.0273. The molecule has 0 bridgehead atoms. The van der Waals surface area contributed by atoms with Crippen LogP contribution >= 0.6 is 0 Å². The Bertz CT molecular complexity index is 3180. The van der Waals surface area contributed by atoms with Crippen molar-refractivity contribution in [1.82, 2.24) is 0 Å². The van der Waals surface area contributed by atoms with E-state index >= 15 is 0 Å². The smallest absolute Gasteiger partial charge is 0.251 e. The summed E-state index contributed by atoms with van der Waals surface area (Å²) < 4.78 is 0. The minimum atomic E-state index is 0. The van der Waals surface area contributed by atoms with E-state index in [1.165, 1.54) is 225 Å². The van der Waals surface area contributed by atoms with Crippen molar-refractivity contribution in [2.45, 2.75) is 487 Å². The van der Waals surface area contributed by atoms with Crippen LogP contribution in [0.1, 0.15) is 480 Å². The molecule has 3 heteroatoms. The Balaban J connectivity index is 0.0000583. The maximum absolute atomic E-state index is 6.35. The molecule has 0 N–H and O–H groups in total. The number of rotatable bonds is 60. The van der Waals surface area contributed by atoms with Gasteiger partial charge in [-0.15, -0.1) is 94.7 Å². The number of aryl methyl sites for hydroxylation is 2.